The molecule has 8 heteroatoms. The number of halogens is 1. The van der Waals surface area contributed by atoms with Crippen LogP contribution in [0.1, 0.15) is 34.9 Å². The van der Waals surface area contributed by atoms with Gasteiger partial charge < -0.3 is 14.6 Å². The number of rotatable bonds is 5. The maximum absolute atomic E-state index is 12.0. The number of ether oxygens (including phenoxy) is 2. The molecule has 1 saturated heterocycles. The van der Waals surface area contributed by atoms with Gasteiger partial charge in [0.15, 0.2) is 9.84 Å². The van der Waals surface area contributed by atoms with Gasteiger partial charge >= 0.3 is 5.97 Å². The molecule has 0 aliphatic carbocycles. The first kappa shape index (κ1) is 17.2. The highest BCUT2D eigenvalue weighted by Crippen LogP contribution is 2.39. The SMILES string of the molecule is COC(c1c(S(C)(=O)=O)ccc(C(=O)O)c1Cl)C1CCCO1. The van der Waals surface area contributed by atoms with Crippen LogP contribution in [-0.2, 0) is 19.3 Å². The van der Waals surface area contributed by atoms with E-state index in [9.17, 15) is 18.3 Å². The Balaban J connectivity index is 2.68. The van der Waals surface area contributed by atoms with Crippen LogP contribution in [0.4, 0.5) is 0 Å². The lowest BCUT2D eigenvalue weighted by atomic mass is 9.99. The third-order valence-corrected chi connectivity index (χ3v) is 5.17. The summed E-state index contributed by atoms with van der Waals surface area (Å²) in [4.78, 5) is 11.2. The van der Waals surface area contributed by atoms with Gasteiger partial charge in [-0.3, -0.25) is 0 Å². The van der Waals surface area contributed by atoms with Crippen molar-refractivity contribution in [1.29, 1.82) is 0 Å². The standard InChI is InChI=1S/C14H17ClO6S/c1-20-13(9-4-3-7-21-9)11-10(22(2,18)19)6-5-8(12(11)15)14(16)17/h5-6,9,13H,3-4,7H2,1-2H3,(H,16,17). The minimum atomic E-state index is -3.60. The summed E-state index contributed by atoms with van der Waals surface area (Å²) in [6.07, 6.45) is 1.47. The monoisotopic (exact) mass is 348 g/mol. The molecule has 0 amide bonds. The van der Waals surface area contributed by atoms with Crippen LogP contribution in [0, 0.1) is 0 Å². The van der Waals surface area contributed by atoms with Gasteiger partial charge in [-0.1, -0.05) is 11.6 Å². The lowest BCUT2D eigenvalue weighted by Gasteiger charge is -2.25. The maximum atomic E-state index is 12.0. The van der Waals surface area contributed by atoms with Crippen LogP contribution in [0.2, 0.25) is 5.02 Å². The van der Waals surface area contributed by atoms with E-state index in [-0.39, 0.29) is 27.1 Å². The third kappa shape index (κ3) is 3.27. The summed E-state index contributed by atoms with van der Waals surface area (Å²) in [7, 11) is -2.18. The fraction of sp³-hybridized carbons (Fsp3) is 0.500. The molecular weight excluding hydrogens is 332 g/mol. The van der Waals surface area contributed by atoms with Gasteiger partial charge in [0.1, 0.15) is 6.10 Å². The summed E-state index contributed by atoms with van der Waals surface area (Å²) >= 11 is 6.19. The molecule has 1 aliphatic rings. The number of carboxylic acid groups (broad SMARTS) is 1. The Labute approximate surface area is 133 Å². The molecule has 1 fully saturated rings. The summed E-state index contributed by atoms with van der Waals surface area (Å²) in [5.41, 5.74) is -0.0115. The molecule has 122 valence electrons. The molecule has 1 aromatic rings. The lowest BCUT2D eigenvalue weighted by molar-refractivity contribution is -0.0296. The zero-order chi connectivity index (χ0) is 16.5. The summed E-state index contributed by atoms with van der Waals surface area (Å²) in [5, 5.41) is 9.07. The fourth-order valence-corrected chi connectivity index (χ4v) is 3.97. The molecule has 0 aromatic heterocycles. The first-order valence-electron chi connectivity index (χ1n) is 6.67. The van der Waals surface area contributed by atoms with Crippen LogP contribution in [0.5, 0.6) is 0 Å². The van der Waals surface area contributed by atoms with Crippen molar-refractivity contribution in [3.05, 3.63) is 28.3 Å². The number of hydrogen-bond acceptors (Lipinski definition) is 5. The van der Waals surface area contributed by atoms with Crippen LogP contribution in [0.15, 0.2) is 17.0 Å². The van der Waals surface area contributed by atoms with E-state index < -0.39 is 21.9 Å². The van der Waals surface area contributed by atoms with Gasteiger partial charge in [0, 0.05) is 25.5 Å². The fourth-order valence-electron chi connectivity index (χ4n) is 2.63. The predicted molar refractivity (Wildman–Crippen MR) is 80.2 cm³/mol. The van der Waals surface area contributed by atoms with Crippen LogP contribution >= 0.6 is 11.6 Å². The number of carbonyl (C=O) groups is 1. The number of carboxylic acids is 1. The van der Waals surface area contributed by atoms with Gasteiger partial charge in [0.05, 0.1) is 21.6 Å². The molecule has 2 atom stereocenters. The number of methoxy groups -OCH3 is 1. The van der Waals surface area contributed by atoms with E-state index >= 15 is 0 Å². The number of sulfone groups is 1. The van der Waals surface area contributed by atoms with Gasteiger partial charge in [0.2, 0.25) is 0 Å². The van der Waals surface area contributed by atoms with Gasteiger partial charge in [-0.2, -0.15) is 0 Å². The van der Waals surface area contributed by atoms with Gasteiger partial charge in [0.25, 0.3) is 0 Å². The molecule has 6 nitrogen and oxygen atoms in total. The Kier molecular flexibility index (Phi) is 5.11. The zero-order valence-electron chi connectivity index (χ0n) is 12.2. The molecule has 1 aromatic carbocycles. The van der Waals surface area contributed by atoms with Crippen LogP contribution in [-0.4, -0.2) is 45.6 Å². The highest BCUT2D eigenvalue weighted by atomic mass is 35.5. The minimum Gasteiger partial charge on any atom is -0.478 e. The van der Waals surface area contributed by atoms with E-state index in [0.29, 0.717) is 13.0 Å². The molecule has 2 rings (SSSR count). The summed E-state index contributed by atoms with van der Waals surface area (Å²) < 4.78 is 35.0. The van der Waals surface area contributed by atoms with E-state index in [4.69, 9.17) is 21.1 Å². The van der Waals surface area contributed by atoms with Gasteiger partial charge in [-0.05, 0) is 25.0 Å². The lowest BCUT2D eigenvalue weighted by Crippen LogP contribution is -2.23. The number of hydrogen-bond donors (Lipinski definition) is 1. The van der Waals surface area contributed by atoms with Crippen molar-refractivity contribution in [2.24, 2.45) is 0 Å². The molecule has 0 radical (unpaired) electrons. The second-order valence-electron chi connectivity index (χ2n) is 5.12. The molecule has 2 unspecified atom stereocenters. The summed E-state index contributed by atoms with van der Waals surface area (Å²) in [6, 6.07) is 2.44. The Bertz CT molecular complexity index is 679. The van der Waals surface area contributed by atoms with Crippen molar-refractivity contribution in [1.82, 2.24) is 0 Å². The van der Waals surface area contributed by atoms with Crippen LogP contribution in [0.25, 0.3) is 0 Å². The first-order chi connectivity index (χ1) is 10.3. The normalized spacial score (nSPS) is 20.0. The average Bonchev–Trinajstić information content (AvgIpc) is 2.93. The molecule has 1 aliphatic heterocycles. The topological polar surface area (TPSA) is 89.9 Å². The van der Waals surface area contributed by atoms with E-state index in [1.54, 1.807) is 0 Å². The molecule has 1 heterocycles. The quantitative estimate of drug-likeness (QED) is 0.878. The minimum absolute atomic E-state index is 0.0372. The van der Waals surface area contributed by atoms with E-state index in [1.807, 2.05) is 0 Å². The molecular formula is C14H17ClO6S. The van der Waals surface area contributed by atoms with Crippen molar-refractivity contribution < 1.29 is 27.8 Å². The average molecular weight is 349 g/mol. The Hall–Kier alpha value is -1.15. The van der Waals surface area contributed by atoms with Crippen LogP contribution in [0.3, 0.4) is 0 Å². The zero-order valence-corrected chi connectivity index (χ0v) is 13.8. The maximum Gasteiger partial charge on any atom is 0.337 e. The summed E-state index contributed by atoms with van der Waals surface area (Å²) in [6.45, 7) is 0.551. The highest BCUT2D eigenvalue weighted by molar-refractivity contribution is 7.90. The van der Waals surface area contributed by atoms with Crippen LogP contribution < -0.4 is 0 Å². The van der Waals surface area contributed by atoms with Gasteiger partial charge in [-0.25, -0.2) is 13.2 Å². The Morgan fingerprint density at radius 1 is 1.50 bits per heavy atom. The van der Waals surface area contributed by atoms with E-state index in [1.165, 1.54) is 19.2 Å². The number of aromatic carboxylic acids is 1. The second-order valence-corrected chi connectivity index (χ2v) is 7.49. The second kappa shape index (κ2) is 6.54. The molecule has 0 spiro atoms. The molecule has 22 heavy (non-hydrogen) atoms. The largest absolute Gasteiger partial charge is 0.478 e. The number of benzene rings is 1. The van der Waals surface area contributed by atoms with Crippen molar-refractivity contribution in [3.63, 3.8) is 0 Å². The van der Waals surface area contributed by atoms with Crippen molar-refractivity contribution in [2.75, 3.05) is 20.0 Å². The Morgan fingerprint density at radius 3 is 2.64 bits per heavy atom. The third-order valence-electron chi connectivity index (χ3n) is 3.61. The van der Waals surface area contributed by atoms with Crippen molar-refractivity contribution in [2.45, 2.75) is 29.9 Å². The van der Waals surface area contributed by atoms with E-state index in [2.05, 4.69) is 0 Å². The molecule has 1 N–H and O–H groups in total. The Morgan fingerprint density at radius 2 is 2.18 bits per heavy atom. The summed E-state index contributed by atoms with van der Waals surface area (Å²) in [5.74, 6) is -1.23. The van der Waals surface area contributed by atoms with Gasteiger partial charge in [-0.15, -0.1) is 0 Å². The molecule has 0 saturated carbocycles. The smallest absolute Gasteiger partial charge is 0.337 e. The highest BCUT2D eigenvalue weighted by Gasteiger charge is 2.34. The van der Waals surface area contributed by atoms with E-state index in [0.717, 1.165) is 12.7 Å². The molecule has 0 bridgehead atoms. The first-order valence-corrected chi connectivity index (χ1v) is 8.94. The van der Waals surface area contributed by atoms with Crippen molar-refractivity contribution in [3.8, 4) is 0 Å². The predicted octanol–water partition coefficient (Wildman–Crippen LogP) is 2.31. The van der Waals surface area contributed by atoms with Crippen molar-refractivity contribution >= 4 is 27.4 Å².